The summed E-state index contributed by atoms with van der Waals surface area (Å²) in [5.41, 5.74) is 0. The fourth-order valence-corrected chi connectivity index (χ4v) is 12.3. The number of allylic oxidation sites excluding steroid dienone is 2. The maximum Gasteiger partial charge on any atom is 0.305 e. The minimum Gasteiger partial charge on any atom is -0.466 e. The van der Waals surface area contributed by atoms with Crippen molar-refractivity contribution < 1.29 is 24.5 Å². The Balaban J connectivity index is 3.27. The number of hydrogen-bond acceptors (Lipinski definition) is 5. The molecule has 6 nitrogen and oxygen atoms in total. The number of amides is 1. The van der Waals surface area contributed by atoms with Gasteiger partial charge in [-0.3, -0.25) is 9.59 Å². The van der Waals surface area contributed by atoms with Crippen molar-refractivity contribution in [2.24, 2.45) is 0 Å². The van der Waals surface area contributed by atoms with E-state index in [4.69, 9.17) is 4.74 Å². The molecule has 0 aromatic carbocycles. The van der Waals surface area contributed by atoms with Crippen molar-refractivity contribution in [3.05, 3.63) is 12.2 Å². The van der Waals surface area contributed by atoms with Gasteiger partial charge in [-0.05, 0) is 51.4 Å². The molecule has 0 aliphatic rings. The monoisotopic (exact) mass is 1160 g/mol. The second-order valence-corrected chi connectivity index (χ2v) is 26.3. The van der Waals surface area contributed by atoms with Crippen LogP contribution >= 0.6 is 0 Å². The number of aliphatic hydroxyl groups excluding tert-OH is 2. The lowest BCUT2D eigenvalue weighted by Crippen LogP contribution is -2.45. The molecule has 6 heteroatoms. The Bertz CT molecular complexity index is 1240. The summed E-state index contributed by atoms with van der Waals surface area (Å²) in [6.07, 6.45) is 90.3. The number of aliphatic hydroxyl groups is 2. The number of esters is 1. The molecular weight excluding hydrogens is 1010 g/mol. The second kappa shape index (κ2) is 72.1. The summed E-state index contributed by atoms with van der Waals surface area (Å²) in [7, 11) is 0. The van der Waals surface area contributed by atoms with Crippen molar-refractivity contribution in [3.8, 4) is 0 Å². The van der Waals surface area contributed by atoms with Gasteiger partial charge in [-0.1, -0.05) is 386 Å². The maximum atomic E-state index is 12.5. The van der Waals surface area contributed by atoms with Crippen LogP contribution in [0.1, 0.15) is 438 Å². The third kappa shape index (κ3) is 67.7. The van der Waals surface area contributed by atoms with Crippen LogP contribution in [0.15, 0.2) is 12.2 Å². The zero-order valence-electron chi connectivity index (χ0n) is 56.0. The van der Waals surface area contributed by atoms with E-state index in [9.17, 15) is 19.8 Å². The lowest BCUT2D eigenvalue weighted by Gasteiger charge is -2.22. The Morgan fingerprint density at radius 2 is 0.573 bits per heavy atom. The van der Waals surface area contributed by atoms with Crippen LogP contribution in [0.2, 0.25) is 0 Å². The van der Waals surface area contributed by atoms with E-state index in [0.29, 0.717) is 25.9 Å². The quantitative estimate of drug-likeness (QED) is 0.0320. The van der Waals surface area contributed by atoms with E-state index in [-0.39, 0.29) is 18.5 Å². The second-order valence-electron chi connectivity index (χ2n) is 26.3. The van der Waals surface area contributed by atoms with E-state index in [1.54, 1.807) is 0 Å². The number of carbonyl (C=O) groups excluding carboxylic acids is 2. The molecule has 0 aromatic heterocycles. The van der Waals surface area contributed by atoms with Gasteiger partial charge in [0.25, 0.3) is 0 Å². The zero-order valence-corrected chi connectivity index (χ0v) is 56.0. The van der Waals surface area contributed by atoms with Crippen LogP contribution < -0.4 is 5.32 Å². The molecule has 0 spiro atoms. The third-order valence-electron chi connectivity index (χ3n) is 18.1. The van der Waals surface area contributed by atoms with Crippen LogP contribution in [-0.2, 0) is 14.3 Å². The molecule has 1 amide bonds. The van der Waals surface area contributed by atoms with Gasteiger partial charge >= 0.3 is 5.97 Å². The van der Waals surface area contributed by atoms with Crippen LogP contribution in [0.3, 0.4) is 0 Å². The Morgan fingerprint density at radius 1 is 0.329 bits per heavy atom. The zero-order chi connectivity index (χ0) is 59.2. The molecule has 0 saturated heterocycles. The van der Waals surface area contributed by atoms with E-state index in [0.717, 1.165) is 44.9 Å². The minimum absolute atomic E-state index is 0.0163. The van der Waals surface area contributed by atoms with Gasteiger partial charge in [-0.2, -0.15) is 0 Å². The molecule has 0 aliphatic heterocycles. The maximum absolute atomic E-state index is 12.5. The number of carbonyl (C=O) groups is 2. The average Bonchev–Trinajstić information content (AvgIpc) is 3.48. The normalized spacial score (nSPS) is 12.5. The summed E-state index contributed by atoms with van der Waals surface area (Å²) in [4.78, 5) is 24.5. The van der Waals surface area contributed by atoms with Gasteiger partial charge in [-0.25, -0.2) is 0 Å². The molecule has 3 N–H and O–H groups in total. The first-order valence-electron chi connectivity index (χ1n) is 37.9. The molecule has 0 saturated carbocycles. The topological polar surface area (TPSA) is 95.9 Å². The summed E-state index contributed by atoms with van der Waals surface area (Å²) >= 11 is 0. The first-order chi connectivity index (χ1) is 40.5. The number of unbranched alkanes of at least 4 members (excludes halogenated alkanes) is 59. The van der Waals surface area contributed by atoms with Gasteiger partial charge in [0.05, 0.1) is 25.4 Å². The predicted octanol–water partition coefficient (Wildman–Crippen LogP) is 24.7. The van der Waals surface area contributed by atoms with Crippen molar-refractivity contribution in [3.63, 3.8) is 0 Å². The van der Waals surface area contributed by atoms with E-state index >= 15 is 0 Å². The van der Waals surface area contributed by atoms with Gasteiger partial charge < -0.3 is 20.3 Å². The SMILES string of the molecule is CCCCCCC/C=C\CCCCCCCC(=O)OCCCCCCCCCCCCCCCCCCCCCCCCCCCCCCCCCCCCCCCCCC(=O)NC(CO)C(O)CCCCCCCCCCCCCC. The average molecular weight is 1160 g/mol. The number of nitrogens with one attached hydrogen (secondary N) is 1. The van der Waals surface area contributed by atoms with Crippen LogP contribution in [0.4, 0.5) is 0 Å². The molecule has 0 aromatic rings. The van der Waals surface area contributed by atoms with Gasteiger partial charge in [0.1, 0.15) is 0 Å². The van der Waals surface area contributed by atoms with Crippen molar-refractivity contribution >= 4 is 11.9 Å². The molecule has 0 heterocycles. The molecule has 0 bridgehead atoms. The Hall–Kier alpha value is -1.40. The van der Waals surface area contributed by atoms with Gasteiger partial charge in [0.15, 0.2) is 0 Å². The largest absolute Gasteiger partial charge is 0.466 e. The first kappa shape index (κ1) is 80.6. The molecule has 2 unspecified atom stereocenters. The third-order valence-corrected chi connectivity index (χ3v) is 18.1. The Morgan fingerprint density at radius 3 is 0.866 bits per heavy atom. The Labute approximate surface area is 514 Å². The smallest absolute Gasteiger partial charge is 0.305 e. The van der Waals surface area contributed by atoms with E-state index in [1.165, 1.54) is 360 Å². The molecule has 0 rings (SSSR count). The molecule has 488 valence electrons. The summed E-state index contributed by atoms with van der Waals surface area (Å²) < 4.78 is 5.49. The van der Waals surface area contributed by atoms with Crippen LogP contribution in [0.5, 0.6) is 0 Å². The van der Waals surface area contributed by atoms with E-state index in [1.807, 2.05) is 0 Å². The molecule has 0 radical (unpaired) electrons. The highest BCUT2D eigenvalue weighted by Crippen LogP contribution is 2.20. The van der Waals surface area contributed by atoms with Crippen LogP contribution in [-0.4, -0.2) is 47.4 Å². The van der Waals surface area contributed by atoms with E-state index < -0.39 is 12.1 Å². The predicted molar refractivity (Wildman–Crippen MR) is 361 cm³/mol. The standard InChI is InChI=1S/C76H149NO5/c1-3-5-7-9-11-13-15-17-46-50-54-58-62-66-70-76(81)82-71-67-63-59-55-51-47-44-42-40-38-36-34-32-30-28-26-24-22-20-18-19-21-23-25-27-29-31-33-35-37-39-41-43-45-49-53-57-61-65-69-75(80)77-73(72-78)74(79)68-64-60-56-52-48-16-14-12-10-8-6-4-2/h15,17,73-74,78-79H,3-14,16,18-72H2,1-2H3,(H,77,80)/b17-15-. The highest BCUT2D eigenvalue weighted by Gasteiger charge is 2.20. The van der Waals surface area contributed by atoms with Gasteiger partial charge in [0, 0.05) is 12.8 Å². The van der Waals surface area contributed by atoms with Crippen LogP contribution in [0, 0.1) is 0 Å². The lowest BCUT2D eigenvalue weighted by molar-refractivity contribution is -0.143. The number of ether oxygens (including phenoxy) is 1. The highest BCUT2D eigenvalue weighted by atomic mass is 16.5. The molecule has 82 heavy (non-hydrogen) atoms. The fraction of sp³-hybridized carbons (Fsp3) is 0.947. The summed E-state index contributed by atoms with van der Waals surface area (Å²) in [5, 5.41) is 23.3. The first-order valence-corrected chi connectivity index (χ1v) is 37.9. The minimum atomic E-state index is -0.658. The van der Waals surface area contributed by atoms with Gasteiger partial charge in [0.2, 0.25) is 5.91 Å². The van der Waals surface area contributed by atoms with Gasteiger partial charge in [-0.15, -0.1) is 0 Å². The summed E-state index contributed by atoms with van der Waals surface area (Å²) in [5.74, 6) is -0.0103. The summed E-state index contributed by atoms with van der Waals surface area (Å²) in [6, 6.07) is -0.535. The molecule has 0 aliphatic carbocycles. The lowest BCUT2D eigenvalue weighted by atomic mass is 10.0. The highest BCUT2D eigenvalue weighted by molar-refractivity contribution is 5.76. The summed E-state index contributed by atoms with van der Waals surface area (Å²) in [6.45, 7) is 4.98. The fourth-order valence-electron chi connectivity index (χ4n) is 12.3. The number of hydrogen-bond donors (Lipinski definition) is 3. The molecular formula is C76H149NO5. The van der Waals surface area contributed by atoms with Crippen molar-refractivity contribution in [2.45, 2.75) is 450 Å². The van der Waals surface area contributed by atoms with Crippen LogP contribution in [0.25, 0.3) is 0 Å². The van der Waals surface area contributed by atoms with Crippen molar-refractivity contribution in [2.75, 3.05) is 13.2 Å². The van der Waals surface area contributed by atoms with Crippen molar-refractivity contribution in [1.82, 2.24) is 5.32 Å². The number of rotatable bonds is 72. The molecule has 2 atom stereocenters. The van der Waals surface area contributed by atoms with E-state index in [2.05, 4.69) is 31.3 Å². The molecule has 0 fully saturated rings. The van der Waals surface area contributed by atoms with Crippen molar-refractivity contribution in [1.29, 1.82) is 0 Å². The Kier molecular flexibility index (Phi) is 70.8.